The minimum atomic E-state index is -0.747. The fourth-order valence-electron chi connectivity index (χ4n) is 5.08. The van der Waals surface area contributed by atoms with E-state index in [0.29, 0.717) is 31.9 Å². The molecule has 3 amide bonds. The lowest BCUT2D eigenvalue weighted by molar-refractivity contribution is -0.136. The number of nitrogens with zero attached hydrogens (tertiary/aromatic N) is 2. The van der Waals surface area contributed by atoms with Crippen molar-refractivity contribution in [1.29, 1.82) is 0 Å². The van der Waals surface area contributed by atoms with Crippen LogP contribution in [-0.2, 0) is 11.3 Å². The number of carbonyl (C=O) groups is 2. The molecule has 1 spiro atoms. The van der Waals surface area contributed by atoms with Crippen molar-refractivity contribution < 1.29 is 14.3 Å². The van der Waals surface area contributed by atoms with Crippen LogP contribution in [0.15, 0.2) is 36.9 Å². The topological polar surface area (TPSA) is 61.9 Å². The third-order valence-corrected chi connectivity index (χ3v) is 5.75. The molecule has 2 fully saturated rings. The maximum absolute atomic E-state index is 13.3. The Bertz CT molecular complexity index is 774. The number of urea groups is 1. The van der Waals surface area contributed by atoms with Crippen molar-refractivity contribution in [2.75, 3.05) is 20.3 Å². The summed E-state index contributed by atoms with van der Waals surface area (Å²) >= 11 is 0. The fraction of sp³-hybridized carbons (Fsp3) is 0.565. The van der Waals surface area contributed by atoms with Crippen molar-refractivity contribution in [3.8, 4) is 5.75 Å². The van der Waals surface area contributed by atoms with Gasteiger partial charge in [-0.3, -0.25) is 9.69 Å². The Morgan fingerprint density at radius 3 is 2.59 bits per heavy atom. The zero-order valence-corrected chi connectivity index (χ0v) is 18.0. The lowest BCUT2D eigenvalue weighted by Crippen LogP contribution is -2.54. The van der Waals surface area contributed by atoms with Crippen LogP contribution in [-0.4, -0.2) is 47.6 Å². The molecular formula is C23H33N3O3. The summed E-state index contributed by atoms with van der Waals surface area (Å²) < 4.78 is 5.50. The van der Waals surface area contributed by atoms with Gasteiger partial charge in [-0.2, -0.15) is 0 Å². The Balaban J connectivity index is 1.63. The van der Waals surface area contributed by atoms with Crippen molar-refractivity contribution >= 4 is 11.9 Å². The zero-order valence-electron chi connectivity index (χ0n) is 18.0. The number of benzene rings is 1. The van der Waals surface area contributed by atoms with Crippen LogP contribution in [0.25, 0.3) is 0 Å². The molecule has 1 aromatic rings. The minimum Gasteiger partial charge on any atom is -0.490 e. The maximum atomic E-state index is 13.3. The number of hydrogen-bond donors (Lipinski definition) is 1. The average Bonchev–Trinajstić information content (AvgIpc) is 2.82. The molecule has 1 aliphatic carbocycles. The van der Waals surface area contributed by atoms with E-state index < -0.39 is 5.54 Å². The first-order valence-electron chi connectivity index (χ1n) is 10.3. The van der Waals surface area contributed by atoms with E-state index in [9.17, 15) is 9.59 Å². The first kappa shape index (κ1) is 21.4. The molecule has 1 aliphatic heterocycles. The van der Waals surface area contributed by atoms with Gasteiger partial charge in [-0.1, -0.05) is 45.6 Å². The summed E-state index contributed by atoms with van der Waals surface area (Å²) in [5, 5.41) is 3.04. The predicted molar refractivity (Wildman–Crippen MR) is 113 cm³/mol. The van der Waals surface area contributed by atoms with Gasteiger partial charge in [0.25, 0.3) is 5.91 Å². The van der Waals surface area contributed by atoms with E-state index >= 15 is 0 Å². The van der Waals surface area contributed by atoms with Crippen LogP contribution in [0.3, 0.4) is 0 Å². The highest BCUT2D eigenvalue weighted by atomic mass is 16.5. The number of amides is 3. The van der Waals surface area contributed by atoms with Crippen molar-refractivity contribution in [2.45, 2.75) is 52.1 Å². The molecule has 0 aromatic heterocycles. The Hall–Kier alpha value is -2.34. The number of rotatable bonds is 7. The zero-order chi connectivity index (χ0) is 21.2. The summed E-state index contributed by atoms with van der Waals surface area (Å²) in [6.45, 7) is 11.6. The molecular weight excluding hydrogens is 366 g/mol. The van der Waals surface area contributed by atoms with Crippen LogP contribution in [0.1, 0.15) is 45.6 Å². The third-order valence-electron chi connectivity index (χ3n) is 5.75. The van der Waals surface area contributed by atoms with Gasteiger partial charge in [0, 0.05) is 6.54 Å². The van der Waals surface area contributed by atoms with Crippen molar-refractivity contribution in [2.24, 2.45) is 11.3 Å². The summed E-state index contributed by atoms with van der Waals surface area (Å²) in [7, 11) is 1.92. The minimum absolute atomic E-state index is 0.0396. The second-order valence-electron chi connectivity index (χ2n) is 9.50. The number of carbonyl (C=O) groups excluding carboxylic acids is 2. The first-order chi connectivity index (χ1) is 13.6. The second kappa shape index (κ2) is 8.19. The monoisotopic (exact) mass is 399 g/mol. The lowest BCUT2D eigenvalue weighted by Gasteiger charge is -2.43. The summed E-state index contributed by atoms with van der Waals surface area (Å²) in [5.41, 5.74) is 0.383. The average molecular weight is 400 g/mol. The molecule has 2 aliphatic rings. The highest BCUT2D eigenvalue weighted by Gasteiger charge is 2.56. The van der Waals surface area contributed by atoms with Crippen molar-refractivity contribution in [1.82, 2.24) is 15.1 Å². The van der Waals surface area contributed by atoms with E-state index in [2.05, 4.69) is 32.7 Å². The van der Waals surface area contributed by atoms with Crippen LogP contribution in [0, 0.1) is 11.3 Å². The summed E-state index contributed by atoms with van der Waals surface area (Å²) in [6, 6.07) is 7.54. The molecule has 3 rings (SSSR count). The molecule has 1 heterocycles. The third kappa shape index (κ3) is 4.81. The van der Waals surface area contributed by atoms with E-state index in [1.807, 2.05) is 36.2 Å². The Morgan fingerprint density at radius 1 is 1.28 bits per heavy atom. The van der Waals surface area contributed by atoms with Crippen LogP contribution < -0.4 is 10.1 Å². The largest absolute Gasteiger partial charge is 0.490 e. The standard InChI is InChI=1S/C23H33N3O3/c1-6-11-29-19-9-7-18(8-10-19)14-25(5)16-26-20(27)23(24-21(26)28)13-17(2)12-22(3,4)15-23/h6-10,17H,1,11-16H2,2-5H3,(H,24,28)/t17-,23+/m1/s1. The molecule has 2 atom stereocenters. The van der Waals surface area contributed by atoms with E-state index in [4.69, 9.17) is 4.74 Å². The molecule has 6 heteroatoms. The predicted octanol–water partition coefficient (Wildman–Crippen LogP) is 3.78. The first-order valence-corrected chi connectivity index (χ1v) is 10.3. The van der Waals surface area contributed by atoms with Gasteiger partial charge in [-0.15, -0.1) is 0 Å². The van der Waals surface area contributed by atoms with Crippen LogP contribution in [0.4, 0.5) is 4.79 Å². The van der Waals surface area contributed by atoms with Crippen molar-refractivity contribution in [3.05, 3.63) is 42.5 Å². The van der Waals surface area contributed by atoms with Gasteiger partial charge in [0.05, 0.1) is 6.67 Å². The molecule has 158 valence electrons. The van der Waals surface area contributed by atoms with Gasteiger partial charge in [0.15, 0.2) is 0 Å². The number of imide groups is 1. The van der Waals surface area contributed by atoms with Gasteiger partial charge >= 0.3 is 6.03 Å². The summed E-state index contributed by atoms with van der Waals surface area (Å²) in [5.74, 6) is 1.12. The molecule has 1 N–H and O–H groups in total. The van der Waals surface area contributed by atoms with Crippen molar-refractivity contribution in [3.63, 3.8) is 0 Å². The number of hydrogen-bond acceptors (Lipinski definition) is 4. The van der Waals surface area contributed by atoms with Crippen LogP contribution >= 0.6 is 0 Å². The molecule has 6 nitrogen and oxygen atoms in total. The second-order valence-corrected chi connectivity index (χ2v) is 9.50. The molecule has 0 radical (unpaired) electrons. The normalized spacial score (nSPS) is 26.1. The maximum Gasteiger partial charge on any atom is 0.326 e. The fourth-order valence-corrected chi connectivity index (χ4v) is 5.08. The smallest absolute Gasteiger partial charge is 0.326 e. The van der Waals surface area contributed by atoms with E-state index in [0.717, 1.165) is 17.7 Å². The molecule has 1 saturated carbocycles. The quantitative estimate of drug-likeness (QED) is 0.560. The molecule has 0 bridgehead atoms. The van der Waals surface area contributed by atoms with Gasteiger partial charge in [-0.25, -0.2) is 9.69 Å². The van der Waals surface area contributed by atoms with Crippen LogP contribution in [0.2, 0.25) is 0 Å². The highest BCUT2D eigenvalue weighted by Crippen LogP contribution is 2.46. The molecule has 0 unspecified atom stereocenters. The molecule has 29 heavy (non-hydrogen) atoms. The summed E-state index contributed by atoms with van der Waals surface area (Å²) in [4.78, 5) is 29.3. The Labute approximate surface area is 173 Å². The SMILES string of the molecule is C=CCOc1ccc(CN(C)CN2C(=O)N[C@]3(C[C@H](C)CC(C)(C)C3)C2=O)cc1. The van der Waals surface area contributed by atoms with E-state index in [1.165, 1.54) is 4.90 Å². The van der Waals surface area contributed by atoms with E-state index in [1.54, 1.807) is 6.08 Å². The Kier molecular flexibility index (Phi) is 6.03. The van der Waals surface area contributed by atoms with Gasteiger partial charge in [-0.05, 0) is 55.3 Å². The lowest BCUT2D eigenvalue weighted by atomic mass is 9.64. The van der Waals surface area contributed by atoms with Gasteiger partial charge < -0.3 is 10.1 Å². The van der Waals surface area contributed by atoms with Crippen LogP contribution in [0.5, 0.6) is 5.75 Å². The van der Waals surface area contributed by atoms with E-state index in [-0.39, 0.29) is 24.0 Å². The van der Waals surface area contributed by atoms with Gasteiger partial charge in [0.2, 0.25) is 0 Å². The number of nitrogens with one attached hydrogen (secondary N) is 1. The highest BCUT2D eigenvalue weighted by molar-refractivity contribution is 6.07. The van der Waals surface area contributed by atoms with Gasteiger partial charge in [0.1, 0.15) is 17.9 Å². The number of ether oxygens (including phenoxy) is 1. The Morgan fingerprint density at radius 2 is 1.97 bits per heavy atom. The molecule has 1 aromatic carbocycles. The molecule has 1 saturated heterocycles. The summed E-state index contributed by atoms with van der Waals surface area (Å²) in [6.07, 6.45) is 4.19.